The second-order valence-electron chi connectivity index (χ2n) is 7.68. The van der Waals surface area contributed by atoms with E-state index in [1.807, 2.05) is 18.2 Å². The second-order valence-corrected chi connectivity index (χ2v) is 7.68. The molecule has 0 aromatic heterocycles. The summed E-state index contributed by atoms with van der Waals surface area (Å²) in [4.78, 5) is 46.5. The fourth-order valence-corrected chi connectivity index (χ4v) is 4.23. The number of Topliss-reactive ketones (excluding diaryl/α,β-unsaturated/α-hetero) is 1. The Hall–Kier alpha value is -2.77. The standard InChI is InChI=1S/C20H24N2O6/c1-12-7-18(23)16(17(12)10-22(26)27)9-20(25)28-11-19(24)21-15-6-5-13-3-2-4-14(13)8-15/h5-6,8,12,16-17H,2-4,7,9-11H2,1H3,(H,21,24)/t12-,16+,17+/m0/s1. The van der Waals surface area contributed by atoms with E-state index in [-0.39, 0.29) is 31.1 Å². The monoisotopic (exact) mass is 388 g/mol. The normalized spacial score (nSPS) is 23.3. The Labute approximate surface area is 162 Å². The molecule has 2 aliphatic carbocycles. The Bertz CT molecular complexity index is 806. The van der Waals surface area contributed by atoms with E-state index in [1.165, 1.54) is 11.1 Å². The van der Waals surface area contributed by atoms with Gasteiger partial charge in [-0.05, 0) is 48.4 Å². The first-order valence-corrected chi connectivity index (χ1v) is 9.55. The molecule has 3 atom stereocenters. The summed E-state index contributed by atoms with van der Waals surface area (Å²) in [5.41, 5.74) is 3.18. The van der Waals surface area contributed by atoms with Crippen molar-refractivity contribution in [3.63, 3.8) is 0 Å². The van der Waals surface area contributed by atoms with E-state index in [1.54, 1.807) is 6.92 Å². The minimum Gasteiger partial charge on any atom is -0.456 e. The van der Waals surface area contributed by atoms with Gasteiger partial charge in [0.15, 0.2) is 6.61 Å². The van der Waals surface area contributed by atoms with Crippen LogP contribution >= 0.6 is 0 Å². The molecular formula is C20H24N2O6. The SMILES string of the molecule is C[C@H]1CC(=O)[C@H](CC(=O)OCC(=O)Nc2ccc3c(c2)CCC3)[C@@H]1C[N+](=O)[O-]. The molecule has 28 heavy (non-hydrogen) atoms. The largest absolute Gasteiger partial charge is 0.456 e. The first-order chi connectivity index (χ1) is 13.3. The van der Waals surface area contributed by atoms with E-state index >= 15 is 0 Å². The number of ether oxygens (including phenoxy) is 1. The average Bonchev–Trinajstić information content (AvgIpc) is 3.19. The van der Waals surface area contributed by atoms with Gasteiger partial charge in [0, 0.05) is 28.9 Å². The third-order valence-electron chi connectivity index (χ3n) is 5.68. The lowest BCUT2D eigenvalue weighted by Crippen LogP contribution is -2.28. The fraction of sp³-hybridized carbons (Fsp3) is 0.550. The minimum atomic E-state index is -0.715. The summed E-state index contributed by atoms with van der Waals surface area (Å²) in [5.74, 6) is -2.63. The number of hydrogen-bond donors (Lipinski definition) is 1. The Morgan fingerprint density at radius 2 is 2.04 bits per heavy atom. The number of nitrogens with zero attached hydrogens (tertiary/aromatic N) is 1. The maximum Gasteiger partial charge on any atom is 0.307 e. The van der Waals surface area contributed by atoms with Gasteiger partial charge in [-0.15, -0.1) is 0 Å². The number of carbonyl (C=O) groups excluding carboxylic acids is 3. The molecule has 2 aliphatic rings. The van der Waals surface area contributed by atoms with Crippen molar-refractivity contribution >= 4 is 23.3 Å². The highest BCUT2D eigenvalue weighted by atomic mass is 16.6. The molecule has 1 amide bonds. The number of fused-ring (bicyclic) bond motifs is 1. The zero-order valence-corrected chi connectivity index (χ0v) is 15.8. The van der Waals surface area contributed by atoms with E-state index in [9.17, 15) is 24.5 Å². The molecule has 8 nitrogen and oxygen atoms in total. The van der Waals surface area contributed by atoms with Crippen molar-refractivity contribution in [1.29, 1.82) is 0 Å². The molecule has 0 spiro atoms. The van der Waals surface area contributed by atoms with Crippen LogP contribution in [0.15, 0.2) is 18.2 Å². The van der Waals surface area contributed by atoms with Crippen LogP contribution in [0.3, 0.4) is 0 Å². The van der Waals surface area contributed by atoms with Crippen molar-refractivity contribution in [3.05, 3.63) is 39.4 Å². The van der Waals surface area contributed by atoms with Crippen LogP contribution in [0.2, 0.25) is 0 Å². The summed E-state index contributed by atoms with van der Waals surface area (Å²) in [5, 5.41) is 13.5. The smallest absolute Gasteiger partial charge is 0.307 e. The first kappa shape index (κ1) is 20.0. The number of ketones is 1. The predicted octanol–water partition coefficient (Wildman–Crippen LogP) is 2.17. The van der Waals surface area contributed by atoms with Crippen molar-refractivity contribution in [2.45, 2.75) is 39.0 Å². The molecule has 1 saturated carbocycles. The number of nitrogens with one attached hydrogen (secondary N) is 1. The van der Waals surface area contributed by atoms with Crippen LogP contribution in [0.25, 0.3) is 0 Å². The van der Waals surface area contributed by atoms with Gasteiger partial charge in [0.25, 0.3) is 5.91 Å². The lowest BCUT2D eigenvalue weighted by atomic mass is 9.88. The molecule has 1 N–H and O–H groups in total. The van der Waals surface area contributed by atoms with Crippen LogP contribution < -0.4 is 5.32 Å². The highest BCUT2D eigenvalue weighted by Gasteiger charge is 2.44. The number of benzene rings is 1. The molecule has 1 aromatic carbocycles. The second kappa shape index (κ2) is 8.50. The third-order valence-corrected chi connectivity index (χ3v) is 5.68. The number of carbonyl (C=O) groups is 3. The maximum atomic E-state index is 12.1. The van der Waals surface area contributed by atoms with Gasteiger partial charge in [0.05, 0.1) is 6.42 Å². The number of aryl methyl sites for hydroxylation is 2. The highest BCUT2D eigenvalue weighted by molar-refractivity contribution is 5.93. The molecular weight excluding hydrogens is 364 g/mol. The summed E-state index contributed by atoms with van der Waals surface area (Å²) in [7, 11) is 0. The zero-order valence-electron chi connectivity index (χ0n) is 15.8. The molecule has 0 unspecified atom stereocenters. The molecule has 8 heteroatoms. The van der Waals surface area contributed by atoms with Crippen LogP contribution in [0.5, 0.6) is 0 Å². The van der Waals surface area contributed by atoms with Crippen molar-refractivity contribution in [2.24, 2.45) is 17.8 Å². The Kier molecular flexibility index (Phi) is 6.06. The van der Waals surface area contributed by atoms with Crippen LogP contribution in [0, 0.1) is 27.9 Å². The van der Waals surface area contributed by atoms with Gasteiger partial charge in [-0.25, -0.2) is 0 Å². The number of amides is 1. The van der Waals surface area contributed by atoms with Gasteiger partial charge in [-0.3, -0.25) is 24.5 Å². The molecule has 0 heterocycles. The molecule has 0 radical (unpaired) electrons. The van der Waals surface area contributed by atoms with Crippen molar-refractivity contribution in [3.8, 4) is 0 Å². The molecule has 1 fully saturated rings. The Balaban J connectivity index is 1.48. The van der Waals surface area contributed by atoms with Crippen LogP contribution in [-0.4, -0.2) is 35.7 Å². The average molecular weight is 388 g/mol. The molecule has 0 bridgehead atoms. The number of rotatable bonds is 7. The molecule has 1 aromatic rings. The van der Waals surface area contributed by atoms with E-state index in [0.717, 1.165) is 19.3 Å². The van der Waals surface area contributed by atoms with Gasteiger partial charge in [0.1, 0.15) is 5.78 Å². The summed E-state index contributed by atoms with van der Waals surface area (Å²) in [6.07, 6.45) is 3.16. The number of esters is 1. The maximum absolute atomic E-state index is 12.1. The van der Waals surface area contributed by atoms with Crippen molar-refractivity contribution in [1.82, 2.24) is 0 Å². The van der Waals surface area contributed by atoms with E-state index < -0.39 is 35.2 Å². The van der Waals surface area contributed by atoms with E-state index in [2.05, 4.69) is 5.32 Å². The molecule has 0 saturated heterocycles. The number of hydrogen-bond acceptors (Lipinski definition) is 6. The van der Waals surface area contributed by atoms with Gasteiger partial charge in [-0.2, -0.15) is 0 Å². The van der Waals surface area contributed by atoms with E-state index in [0.29, 0.717) is 5.69 Å². The van der Waals surface area contributed by atoms with Crippen LogP contribution in [0.1, 0.15) is 37.3 Å². The predicted molar refractivity (Wildman–Crippen MR) is 100 cm³/mol. The Morgan fingerprint density at radius 3 is 2.79 bits per heavy atom. The molecule has 0 aliphatic heterocycles. The van der Waals surface area contributed by atoms with Crippen LogP contribution in [0.4, 0.5) is 5.69 Å². The third kappa shape index (κ3) is 4.74. The van der Waals surface area contributed by atoms with Crippen molar-refractivity contribution < 1.29 is 24.0 Å². The van der Waals surface area contributed by atoms with Gasteiger partial charge in [0.2, 0.25) is 6.54 Å². The quantitative estimate of drug-likeness (QED) is 0.435. The fourth-order valence-electron chi connectivity index (χ4n) is 4.23. The molecule has 3 rings (SSSR count). The summed E-state index contributed by atoms with van der Waals surface area (Å²) < 4.78 is 4.99. The first-order valence-electron chi connectivity index (χ1n) is 9.55. The minimum absolute atomic E-state index is 0.140. The van der Waals surface area contributed by atoms with Crippen LogP contribution in [-0.2, 0) is 32.0 Å². The van der Waals surface area contributed by atoms with Gasteiger partial charge < -0.3 is 10.1 Å². The summed E-state index contributed by atoms with van der Waals surface area (Å²) in [6, 6.07) is 5.75. The molecule has 150 valence electrons. The number of nitro groups is 1. The summed E-state index contributed by atoms with van der Waals surface area (Å²) >= 11 is 0. The number of anilines is 1. The van der Waals surface area contributed by atoms with Gasteiger partial charge in [-0.1, -0.05) is 13.0 Å². The van der Waals surface area contributed by atoms with E-state index in [4.69, 9.17) is 4.74 Å². The van der Waals surface area contributed by atoms with Crippen molar-refractivity contribution in [2.75, 3.05) is 18.5 Å². The topological polar surface area (TPSA) is 116 Å². The zero-order chi connectivity index (χ0) is 20.3. The lowest BCUT2D eigenvalue weighted by Gasteiger charge is -2.17. The Morgan fingerprint density at radius 1 is 1.29 bits per heavy atom. The van der Waals surface area contributed by atoms with Gasteiger partial charge >= 0.3 is 5.97 Å². The lowest BCUT2D eigenvalue weighted by molar-refractivity contribution is -0.490. The highest BCUT2D eigenvalue weighted by Crippen LogP contribution is 2.36. The summed E-state index contributed by atoms with van der Waals surface area (Å²) in [6.45, 7) is 0.984.